The van der Waals surface area contributed by atoms with Gasteiger partial charge in [0.1, 0.15) is 0 Å². The summed E-state index contributed by atoms with van der Waals surface area (Å²) in [6.45, 7) is 2.14. The zero-order valence-corrected chi connectivity index (χ0v) is 7.51. The van der Waals surface area contributed by atoms with E-state index >= 15 is 0 Å². The van der Waals surface area contributed by atoms with E-state index in [9.17, 15) is 0 Å². The van der Waals surface area contributed by atoms with Gasteiger partial charge in [-0.05, 0) is 24.1 Å². The highest BCUT2D eigenvalue weighted by Gasteiger charge is 1.96. The SMILES string of the molecule is C[C@H](Br)Cc1ccncc1. The monoisotopic (exact) mass is 199 g/mol. The first-order valence-electron chi connectivity index (χ1n) is 3.32. The minimum Gasteiger partial charge on any atom is -0.265 e. The number of aromatic nitrogens is 1. The lowest BCUT2D eigenvalue weighted by Gasteiger charge is -2.00. The maximum Gasteiger partial charge on any atom is 0.0270 e. The van der Waals surface area contributed by atoms with Gasteiger partial charge in [0.25, 0.3) is 0 Å². The molecule has 0 saturated carbocycles. The molecule has 1 nitrogen and oxygen atoms in total. The second-order valence-corrected chi connectivity index (χ2v) is 3.90. The van der Waals surface area contributed by atoms with Gasteiger partial charge < -0.3 is 0 Å². The summed E-state index contributed by atoms with van der Waals surface area (Å²) in [4.78, 5) is 4.49. The van der Waals surface area contributed by atoms with E-state index in [0.717, 1.165) is 6.42 Å². The molecule has 0 aliphatic carbocycles. The Morgan fingerprint density at radius 1 is 1.50 bits per heavy atom. The summed E-state index contributed by atoms with van der Waals surface area (Å²) in [6, 6.07) is 4.08. The Morgan fingerprint density at radius 2 is 2.10 bits per heavy atom. The summed E-state index contributed by atoms with van der Waals surface area (Å²) < 4.78 is 0. The topological polar surface area (TPSA) is 12.9 Å². The fourth-order valence-electron chi connectivity index (χ4n) is 0.844. The normalized spacial score (nSPS) is 13.0. The lowest BCUT2D eigenvalue weighted by molar-refractivity contribution is 0.955. The van der Waals surface area contributed by atoms with Crippen LogP contribution in [0.4, 0.5) is 0 Å². The molecule has 0 aliphatic heterocycles. The van der Waals surface area contributed by atoms with E-state index in [-0.39, 0.29) is 0 Å². The Kier molecular flexibility index (Phi) is 2.87. The largest absolute Gasteiger partial charge is 0.265 e. The maximum atomic E-state index is 3.94. The van der Waals surface area contributed by atoms with Gasteiger partial charge in [0.15, 0.2) is 0 Å². The number of pyridine rings is 1. The third-order valence-corrected chi connectivity index (χ3v) is 1.59. The molecule has 0 N–H and O–H groups in total. The fraction of sp³-hybridized carbons (Fsp3) is 0.375. The molecular formula is C8H10BrN. The van der Waals surface area contributed by atoms with Crippen molar-refractivity contribution in [2.75, 3.05) is 0 Å². The van der Waals surface area contributed by atoms with Crippen molar-refractivity contribution in [3.8, 4) is 0 Å². The maximum absolute atomic E-state index is 3.94. The van der Waals surface area contributed by atoms with E-state index in [4.69, 9.17) is 0 Å². The van der Waals surface area contributed by atoms with Crippen molar-refractivity contribution >= 4 is 15.9 Å². The molecule has 1 heterocycles. The van der Waals surface area contributed by atoms with Crippen LogP contribution < -0.4 is 0 Å². The van der Waals surface area contributed by atoms with Crippen LogP contribution in [0.2, 0.25) is 0 Å². The minimum absolute atomic E-state index is 0.551. The van der Waals surface area contributed by atoms with Gasteiger partial charge in [-0.1, -0.05) is 22.9 Å². The molecule has 0 saturated heterocycles. The van der Waals surface area contributed by atoms with E-state index in [0.29, 0.717) is 4.83 Å². The first-order chi connectivity index (χ1) is 4.79. The van der Waals surface area contributed by atoms with Crippen molar-refractivity contribution in [3.05, 3.63) is 30.1 Å². The van der Waals surface area contributed by atoms with Crippen molar-refractivity contribution in [3.63, 3.8) is 0 Å². The van der Waals surface area contributed by atoms with Crippen molar-refractivity contribution in [2.45, 2.75) is 18.2 Å². The van der Waals surface area contributed by atoms with Crippen LogP contribution in [0.3, 0.4) is 0 Å². The summed E-state index contributed by atoms with van der Waals surface area (Å²) in [5, 5.41) is 0. The Bertz CT molecular complexity index is 184. The number of rotatable bonds is 2. The molecule has 0 aromatic carbocycles. The highest BCUT2D eigenvalue weighted by molar-refractivity contribution is 9.09. The average Bonchev–Trinajstić information content (AvgIpc) is 1.88. The number of hydrogen-bond donors (Lipinski definition) is 0. The predicted molar refractivity (Wildman–Crippen MR) is 46.3 cm³/mol. The summed E-state index contributed by atoms with van der Waals surface area (Å²) >= 11 is 3.49. The first-order valence-corrected chi connectivity index (χ1v) is 4.23. The number of nitrogens with zero attached hydrogens (tertiary/aromatic N) is 1. The van der Waals surface area contributed by atoms with Crippen LogP contribution >= 0.6 is 15.9 Å². The Morgan fingerprint density at radius 3 is 2.60 bits per heavy atom. The lowest BCUT2D eigenvalue weighted by Crippen LogP contribution is -1.95. The number of halogens is 1. The molecule has 0 spiro atoms. The van der Waals surface area contributed by atoms with E-state index in [1.165, 1.54) is 5.56 Å². The summed E-state index contributed by atoms with van der Waals surface area (Å²) in [6.07, 6.45) is 4.72. The van der Waals surface area contributed by atoms with Crippen LogP contribution in [0.15, 0.2) is 24.5 Å². The van der Waals surface area contributed by atoms with Gasteiger partial charge in [0.05, 0.1) is 0 Å². The second kappa shape index (κ2) is 3.71. The van der Waals surface area contributed by atoms with Gasteiger partial charge in [-0.25, -0.2) is 0 Å². The first kappa shape index (κ1) is 7.73. The Labute approximate surface area is 69.6 Å². The molecule has 2 heteroatoms. The van der Waals surface area contributed by atoms with Crippen LogP contribution in [0.1, 0.15) is 12.5 Å². The average molecular weight is 200 g/mol. The summed E-state index contributed by atoms with van der Waals surface area (Å²) in [5.41, 5.74) is 1.33. The van der Waals surface area contributed by atoms with E-state index in [1.807, 2.05) is 24.5 Å². The van der Waals surface area contributed by atoms with E-state index in [1.54, 1.807) is 0 Å². The van der Waals surface area contributed by atoms with Crippen LogP contribution in [-0.4, -0.2) is 9.81 Å². The number of hydrogen-bond acceptors (Lipinski definition) is 1. The summed E-state index contributed by atoms with van der Waals surface area (Å²) in [5.74, 6) is 0. The molecule has 1 atom stereocenters. The van der Waals surface area contributed by atoms with Crippen LogP contribution in [0.25, 0.3) is 0 Å². The van der Waals surface area contributed by atoms with Gasteiger partial charge in [-0.15, -0.1) is 0 Å². The Balaban J connectivity index is 2.59. The summed E-state index contributed by atoms with van der Waals surface area (Å²) in [7, 11) is 0. The van der Waals surface area contributed by atoms with Gasteiger partial charge in [-0.2, -0.15) is 0 Å². The highest BCUT2D eigenvalue weighted by atomic mass is 79.9. The predicted octanol–water partition coefficient (Wildman–Crippen LogP) is 2.41. The molecule has 1 aromatic heterocycles. The molecule has 0 aliphatic rings. The molecular weight excluding hydrogens is 190 g/mol. The lowest BCUT2D eigenvalue weighted by atomic mass is 10.2. The zero-order chi connectivity index (χ0) is 7.40. The van der Waals surface area contributed by atoms with Crippen LogP contribution in [0.5, 0.6) is 0 Å². The molecule has 10 heavy (non-hydrogen) atoms. The second-order valence-electron chi connectivity index (χ2n) is 2.34. The van der Waals surface area contributed by atoms with E-state index in [2.05, 4.69) is 27.8 Å². The van der Waals surface area contributed by atoms with Gasteiger partial charge >= 0.3 is 0 Å². The minimum atomic E-state index is 0.551. The highest BCUT2D eigenvalue weighted by Crippen LogP contribution is 2.07. The van der Waals surface area contributed by atoms with Crippen molar-refractivity contribution in [1.82, 2.24) is 4.98 Å². The molecule has 0 bridgehead atoms. The zero-order valence-electron chi connectivity index (χ0n) is 5.92. The van der Waals surface area contributed by atoms with E-state index < -0.39 is 0 Å². The third-order valence-electron chi connectivity index (χ3n) is 1.27. The standard InChI is InChI=1S/C8H10BrN/c1-7(9)6-8-2-4-10-5-3-8/h2-5,7H,6H2,1H3/t7-/m0/s1. The van der Waals surface area contributed by atoms with Gasteiger partial charge in [0, 0.05) is 17.2 Å². The molecule has 1 aromatic rings. The van der Waals surface area contributed by atoms with Crippen LogP contribution in [-0.2, 0) is 6.42 Å². The quantitative estimate of drug-likeness (QED) is 0.668. The smallest absolute Gasteiger partial charge is 0.0270 e. The van der Waals surface area contributed by atoms with Crippen molar-refractivity contribution in [2.24, 2.45) is 0 Å². The van der Waals surface area contributed by atoms with Crippen molar-refractivity contribution < 1.29 is 0 Å². The van der Waals surface area contributed by atoms with Crippen LogP contribution in [0, 0.1) is 0 Å². The molecule has 0 fully saturated rings. The number of alkyl halides is 1. The third kappa shape index (κ3) is 2.48. The molecule has 1 rings (SSSR count). The van der Waals surface area contributed by atoms with Crippen molar-refractivity contribution in [1.29, 1.82) is 0 Å². The molecule has 0 amide bonds. The molecule has 0 radical (unpaired) electrons. The van der Waals surface area contributed by atoms with Gasteiger partial charge in [-0.3, -0.25) is 4.98 Å². The fourth-order valence-corrected chi connectivity index (χ4v) is 1.22. The molecule has 54 valence electrons. The Hall–Kier alpha value is -0.370. The molecule has 0 unspecified atom stereocenters. The van der Waals surface area contributed by atoms with Gasteiger partial charge in [0.2, 0.25) is 0 Å².